The van der Waals surface area contributed by atoms with Crippen LogP contribution in [0.15, 0.2) is 18.2 Å². The highest BCUT2D eigenvalue weighted by atomic mass is 16.6. The normalized spacial score (nSPS) is 20.4. The lowest BCUT2D eigenvalue weighted by molar-refractivity contribution is -0.144. The standard InChI is InChI=1S/C19H26N2O6/c1-13(17(22)23)26-16-14(5-4-6-15(16)25-3)11-21-9-7-19(8-10-21)12-20(2)18(24)27-19/h4-6,13H,7-12H2,1-3H3,(H,22,23)/t13-/m1/s1. The smallest absolute Gasteiger partial charge is 0.410 e. The summed E-state index contributed by atoms with van der Waals surface area (Å²) in [7, 11) is 3.29. The minimum absolute atomic E-state index is 0.255. The second-order valence-electron chi connectivity index (χ2n) is 7.23. The second-order valence-corrected chi connectivity index (χ2v) is 7.23. The van der Waals surface area contributed by atoms with E-state index in [1.165, 1.54) is 14.0 Å². The van der Waals surface area contributed by atoms with E-state index in [0.717, 1.165) is 31.5 Å². The fraction of sp³-hybridized carbons (Fsp3) is 0.579. The Labute approximate surface area is 158 Å². The Kier molecular flexibility index (Phi) is 5.46. The van der Waals surface area contributed by atoms with Crippen LogP contribution in [0.4, 0.5) is 4.79 Å². The molecule has 2 saturated heterocycles. The Morgan fingerprint density at radius 2 is 2.07 bits per heavy atom. The van der Waals surface area contributed by atoms with Crippen LogP contribution in [-0.2, 0) is 16.1 Å². The van der Waals surface area contributed by atoms with Crippen molar-refractivity contribution in [1.29, 1.82) is 0 Å². The fourth-order valence-electron chi connectivity index (χ4n) is 3.62. The van der Waals surface area contributed by atoms with Gasteiger partial charge in [-0.05, 0) is 13.0 Å². The van der Waals surface area contributed by atoms with Crippen LogP contribution in [0.5, 0.6) is 11.5 Å². The summed E-state index contributed by atoms with van der Waals surface area (Å²) in [6.07, 6.45) is 0.316. The molecule has 1 atom stereocenters. The lowest BCUT2D eigenvalue weighted by Crippen LogP contribution is -2.46. The zero-order valence-electron chi connectivity index (χ0n) is 15.9. The number of amides is 1. The van der Waals surface area contributed by atoms with Gasteiger partial charge < -0.3 is 24.2 Å². The lowest BCUT2D eigenvalue weighted by Gasteiger charge is -2.37. The van der Waals surface area contributed by atoms with Gasteiger partial charge in [0.1, 0.15) is 5.60 Å². The van der Waals surface area contributed by atoms with Gasteiger partial charge in [-0.3, -0.25) is 4.90 Å². The molecular formula is C19H26N2O6. The van der Waals surface area contributed by atoms with Gasteiger partial charge in [-0.1, -0.05) is 12.1 Å². The summed E-state index contributed by atoms with van der Waals surface area (Å²) in [6, 6.07) is 5.54. The van der Waals surface area contributed by atoms with Gasteiger partial charge in [0.15, 0.2) is 17.6 Å². The van der Waals surface area contributed by atoms with Crippen LogP contribution in [0, 0.1) is 0 Å². The van der Waals surface area contributed by atoms with Crippen LogP contribution in [0.1, 0.15) is 25.3 Å². The predicted molar refractivity (Wildman–Crippen MR) is 97.1 cm³/mol. The maximum absolute atomic E-state index is 11.7. The fourth-order valence-corrected chi connectivity index (χ4v) is 3.62. The molecule has 2 aliphatic heterocycles. The summed E-state index contributed by atoms with van der Waals surface area (Å²) >= 11 is 0. The van der Waals surface area contributed by atoms with E-state index in [2.05, 4.69) is 4.90 Å². The molecule has 2 fully saturated rings. The van der Waals surface area contributed by atoms with Crippen molar-refractivity contribution in [3.05, 3.63) is 23.8 Å². The van der Waals surface area contributed by atoms with E-state index in [-0.39, 0.29) is 11.7 Å². The van der Waals surface area contributed by atoms with E-state index >= 15 is 0 Å². The van der Waals surface area contributed by atoms with Crippen molar-refractivity contribution in [2.24, 2.45) is 0 Å². The number of likely N-dealkylation sites (tertiary alicyclic amines) is 1. The average molecular weight is 378 g/mol. The largest absolute Gasteiger partial charge is 0.493 e. The molecule has 3 rings (SSSR count). The molecule has 1 amide bonds. The Morgan fingerprint density at radius 3 is 2.63 bits per heavy atom. The number of carboxylic acids is 1. The summed E-state index contributed by atoms with van der Waals surface area (Å²) < 4.78 is 16.6. The molecule has 2 heterocycles. The van der Waals surface area contributed by atoms with E-state index in [0.29, 0.717) is 24.6 Å². The van der Waals surface area contributed by atoms with Gasteiger partial charge >= 0.3 is 12.1 Å². The third-order valence-electron chi connectivity index (χ3n) is 5.22. The highest BCUT2D eigenvalue weighted by molar-refractivity contribution is 5.72. The molecule has 0 saturated carbocycles. The van der Waals surface area contributed by atoms with Crippen molar-refractivity contribution >= 4 is 12.1 Å². The number of nitrogens with zero attached hydrogens (tertiary/aromatic N) is 2. The first-order chi connectivity index (χ1) is 12.8. The topological polar surface area (TPSA) is 88.5 Å². The summed E-state index contributed by atoms with van der Waals surface area (Å²) in [5.74, 6) is -0.0541. The molecule has 2 aliphatic rings. The molecule has 8 nitrogen and oxygen atoms in total. The van der Waals surface area contributed by atoms with Crippen LogP contribution in [-0.4, -0.2) is 72.5 Å². The van der Waals surface area contributed by atoms with Crippen molar-refractivity contribution in [3.63, 3.8) is 0 Å². The molecule has 1 N–H and O–H groups in total. The van der Waals surface area contributed by atoms with Gasteiger partial charge in [-0.25, -0.2) is 9.59 Å². The SMILES string of the molecule is COc1cccc(CN2CCC3(CC2)CN(C)C(=O)O3)c1O[C@H](C)C(=O)O. The van der Waals surface area contributed by atoms with Crippen LogP contribution in [0.2, 0.25) is 0 Å². The highest BCUT2D eigenvalue weighted by Gasteiger charge is 2.45. The summed E-state index contributed by atoms with van der Waals surface area (Å²) in [5, 5.41) is 9.16. The van der Waals surface area contributed by atoms with Gasteiger partial charge in [-0.15, -0.1) is 0 Å². The summed E-state index contributed by atoms with van der Waals surface area (Å²) in [5.41, 5.74) is 0.493. The Morgan fingerprint density at radius 1 is 1.37 bits per heavy atom. The van der Waals surface area contributed by atoms with Gasteiger partial charge in [-0.2, -0.15) is 0 Å². The Hall–Kier alpha value is -2.48. The predicted octanol–water partition coefficient (Wildman–Crippen LogP) is 1.96. The molecular weight excluding hydrogens is 352 g/mol. The number of hydrogen-bond donors (Lipinski definition) is 1. The van der Waals surface area contributed by atoms with E-state index in [1.54, 1.807) is 18.0 Å². The molecule has 0 aliphatic carbocycles. The molecule has 1 aromatic rings. The van der Waals surface area contributed by atoms with Gasteiger partial charge in [0.2, 0.25) is 0 Å². The molecule has 1 aromatic carbocycles. The average Bonchev–Trinajstić information content (AvgIpc) is 2.91. The molecule has 27 heavy (non-hydrogen) atoms. The maximum Gasteiger partial charge on any atom is 0.410 e. The first-order valence-corrected chi connectivity index (χ1v) is 9.05. The van der Waals surface area contributed by atoms with Crippen LogP contribution >= 0.6 is 0 Å². The number of rotatable bonds is 6. The van der Waals surface area contributed by atoms with Crippen LogP contribution in [0.3, 0.4) is 0 Å². The molecule has 0 radical (unpaired) electrons. The number of benzene rings is 1. The number of ether oxygens (including phenoxy) is 3. The third-order valence-corrected chi connectivity index (χ3v) is 5.22. The molecule has 0 bridgehead atoms. The minimum atomic E-state index is -1.03. The molecule has 148 valence electrons. The number of carboxylic acid groups (broad SMARTS) is 1. The molecule has 8 heteroatoms. The molecule has 0 unspecified atom stereocenters. The number of hydrogen-bond acceptors (Lipinski definition) is 6. The number of methoxy groups -OCH3 is 1. The van der Waals surface area contributed by atoms with Crippen molar-refractivity contribution in [2.75, 3.05) is 33.8 Å². The lowest BCUT2D eigenvalue weighted by atomic mass is 9.91. The van der Waals surface area contributed by atoms with Crippen molar-refractivity contribution in [2.45, 2.75) is 38.0 Å². The van der Waals surface area contributed by atoms with Gasteiger partial charge in [0.05, 0.1) is 13.7 Å². The maximum atomic E-state index is 11.7. The van der Waals surface area contributed by atoms with Gasteiger partial charge in [0.25, 0.3) is 0 Å². The number of aliphatic carboxylic acids is 1. The van der Waals surface area contributed by atoms with Crippen molar-refractivity contribution in [1.82, 2.24) is 9.80 Å². The van der Waals surface area contributed by atoms with Crippen molar-refractivity contribution < 1.29 is 28.9 Å². The van der Waals surface area contributed by atoms with Crippen LogP contribution in [0.25, 0.3) is 0 Å². The quantitative estimate of drug-likeness (QED) is 0.809. The summed E-state index contributed by atoms with van der Waals surface area (Å²) in [4.78, 5) is 26.8. The Balaban J connectivity index is 1.69. The second kappa shape index (κ2) is 7.64. The number of carbonyl (C=O) groups is 2. The summed E-state index contributed by atoms with van der Waals surface area (Å²) in [6.45, 7) is 4.30. The minimum Gasteiger partial charge on any atom is -0.493 e. The van der Waals surface area contributed by atoms with E-state index in [1.807, 2.05) is 12.1 Å². The highest BCUT2D eigenvalue weighted by Crippen LogP contribution is 2.36. The van der Waals surface area contributed by atoms with E-state index in [9.17, 15) is 9.59 Å². The zero-order valence-corrected chi connectivity index (χ0v) is 15.9. The van der Waals surface area contributed by atoms with Crippen LogP contribution < -0.4 is 9.47 Å². The first-order valence-electron chi connectivity index (χ1n) is 9.05. The number of likely N-dealkylation sites (N-methyl/N-ethyl adjacent to an activating group) is 1. The van der Waals surface area contributed by atoms with Gasteiger partial charge in [0, 0.05) is 45.1 Å². The van der Waals surface area contributed by atoms with Crippen molar-refractivity contribution in [3.8, 4) is 11.5 Å². The zero-order chi connectivity index (χ0) is 19.6. The molecule has 0 aromatic heterocycles. The van der Waals surface area contributed by atoms with E-state index < -0.39 is 12.1 Å². The number of carbonyl (C=O) groups excluding carboxylic acids is 1. The monoisotopic (exact) mass is 378 g/mol. The number of para-hydroxylation sites is 1. The van der Waals surface area contributed by atoms with E-state index in [4.69, 9.17) is 19.3 Å². The Bertz CT molecular complexity index is 714. The number of piperidine rings is 1. The third kappa shape index (κ3) is 4.10. The molecule has 1 spiro atoms. The first kappa shape index (κ1) is 19.3.